The molecule has 3 N–H and O–H groups in total. The third kappa shape index (κ3) is 2.44. The van der Waals surface area contributed by atoms with Crippen LogP contribution in [0.3, 0.4) is 0 Å². The number of benzene rings is 1. The lowest BCUT2D eigenvalue weighted by atomic mass is 10.2. The number of nitrogen functional groups attached to an aromatic ring is 1. The number of allylic oxidation sites excluding steroid dienone is 1. The van der Waals surface area contributed by atoms with Gasteiger partial charge in [-0.05, 0) is 38.1 Å². The van der Waals surface area contributed by atoms with Gasteiger partial charge in [0.1, 0.15) is 17.8 Å². The average Bonchev–Trinajstić information content (AvgIpc) is 3.04. The summed E-state index contributed by atoms with van der Waals surface area (Å²) in [7, 11) is 0. The Morgan fingerprint density at radius 3 is 2.64 bits per heavy atom. The van der Waals surface area contributed by atoms with E-state index < -0.39 is 0 Å². The van der Waals surface area contributed by atoms with Gasteiger partial charge >= 0.3 is 0 Å². The van der Waals surface area contributed by atoms with Gasteiger partial charge in [0, 0.05) is 0 Å². The van der Waals surface area contributed by atoms with Gasteiger partial charge in [-0.25, -0.2) is 9.69 Å². The first-order valence-corrected chi connectivity index (χ1v) is 7.16. The van der Waals surface area contributed by atoms with Crippen molar-refractivity contribution in [1.29, 1.82) is 0 Å². The predicted octanol–water partition coefficient (Wildman–Crippen LogP) is 1.17. The maximum atomic E-state index is 5.80. The van der Waals surface area contributed by atoms with E-state index in [4.69, 9.17) is 10.6 Å². The van der Waals surface area contributed by atoms with Crippen molar-refractivity contribution in [1.82, 2.24) is 24.8 Å². The lowest BCUT2D eigenvalue weighted by Gasteiger charge is -2.25. The molecule has 0 saturated heterocycles. The number of hydrogen-bond donors (Lipinski definition) is 3. The molecule has 1 aliphatic rings. The Hall–Kier alpha value is -2.39. The molecule has 22 heavy (non-hydrogen) atoms. The van der Waals surface area contributed by atoms with Crippen LogP contribution in [0.5, 0.6) is 5.75 Å². The quantitative estimate of drug-likeness (QED) is 0.576. The highest BCUT2D eigenvalue weighted by atomic mass is 32.1. The SMILES string of the molecule is CCOc1ccc(N2C(C)=C(c3nncn3N)NN2S)cc1. The molecule has 0 aliphatic carbocycles. The minimum atomic E-state index is 0.532. The summed E-state index contributed by atoms with van der Waals surface area (Å²) in [6.45, 7) is 4.54. The number of anilines is 1. The smallest absolute Gasteiger partial charge is 0.201 e. The summed E-state index contributed by atoms with van der Waals surface area (Å²) in [5, 5.41) is 9.69. The van der Waals surface area contributed by atoms with Crippen LogP contribution in [0.2, 0.25) is 0 Å². The van der Waals surface area contributed by atoms with Gasteiger partial charge in [-0.2, -0.15) is 0 Å². The van der Waals surface area contributed by atoms with Crippen LogP contribution >= 0.6 is 12.8 Å². The number of rotatable bonds is 4. The molecule has 0 unspecified atom stereocenters. The van der Waals surface area contributed by atoms with Crippen molar-refractivity contribution in [2.45, 2.75) is 13.8 Å². The highest BCUT2D eigenvalue weighted by Crippen LogP contribution is 2.32. The van der Waals surface area contributed by atoms with Gasteiger partial charge in [-0.3, -0.25) is 5.43 Å². The van der Waals surface area contributed by atoms with E-state index in [0.717, 1.165) is 22.8 Å². The van der Waals surface area contributed by atoms with E-state index in [0.29, 0.717) is 12.4 Å². The van der Waals surface area contributed by atoms with Crippen LogP contribution in [0.25, 0.3) is 5.70 Å². The van der Waals surface area contributed by atoms with E-state index >= 15 is 0 Å². The van der Waals surface area contributed by atoms with Crippen LogP contribution in [0, 0.1) is 0 Å². The van der Waals surface area contributed by atoms with Crippen molar-refractivity contribution in [2.24, 2.45) is 0 Å². The molecule has 0 fully saturated rings. The van der Waals surface area contributed by atoms with Crippen molar-refractivity contribution < 1.29 is 4.74 Å². The zero-order valence-electron chi connectivity index (χ0n) is 12.3. The number of nitrogens with zero attached hydrogens (tertiary/aromatic N) is 5. The summed E-state index contributed by atoms with van der Waals surface area (Å²) in [6.07, 6.45) is 1.44. The summed E-state index contributed by atoms with van der Waals surface area (Å²) in [6, 6.07) is 7.74. The second-order valence-corrected chi connectivity index (χ2v) is 5.04. The largest absolute Gasteiger partial charge is 0.494 e. The fraction of sp³-hybridized carbons (Fsp3) is 0.231. The summed E-state index contributed by atoms with van der Waals surface area (Å²) in [4.78, 5) is 0. The van der Waals surface area contributed by atoms with Crippen LogP contribution in [-0.4, -0.2) is 26.0 Å². The van der Waals surface area contributed by atoms with E-state index in [9.17, 15) is 0 Å². The van der Waals surface area contributed by atoms with Gasteiger partial charge in [-0.1, -0.05) is 17.3 Å². The first-order chi connectivity index (χ1) is 10.6. The molecule has 1 aromatic carbocycles. The lowest BCUT2D eigenvalue weighted by molar-refractivity contribution is 0.340. The fourth-order valence-electron chi connectivity index (χ4n) is 2.27. The van der Waals surface area contributed by atoms with Gasteiger partial charge in [0.25, 0.3) is 0 Å². The number of aromatic nitrogens is 3. The minimum Gasteiger partial charge on any atom is -0.494 e. The summed E-state index contributed by atoms with van der Waals surface area (Å²) < 4.78 is 8.38. The van der Waals surface area contributed by atoms with Crippen molar-refractivity contribution >= 4 is 24.2 Å². The number of thiol groups is 1. The maximum absolute atomic E-state index is 5.80. The van der Waals surface area contributed by atoms with E-state index in [2.05, 4.69) is 28.4 Å². The van der Waals surface area contributed by atoms with Crippen molar-refractivity contribution in [3.8, 4) is 5.75 Å². The van der Waals surface area contributed by atoms with Gasteiger partial charge < -0.3 is 10.6 Å². The molecular weight excluding hydrogens is 302 g/mol. The first-order valence-electron chi connectivity index (χ1n) is 6.76. The highest BCUT2D eigenvalue weighted by Gasteiger charge is 2.29. The first kappa shape index (κ1) is 14.5. The lowest BCUT2D eigenvalue weighted by Crippen LogP contribution is -2.35. The third-order valence-electron chi connectivity index (χ3n) is 3.27. The van der Waals surface area contributed by atoms with E-state index in [1.54, 1.807) is 4.52 Å². The Labute approximate surface area is 133 Å². The van der Waals surface area contributed by atoms with Crippen molar-refractivity contribution in [3.05, 3.63) is 42.1 Å². The fourth-order valence-corrected chi connectivity index (χ4v) is 2.60. The Balaban J connectivity index is 1.93. The number of nitrogens with one attached hydrogen (secondary N) is 1. The topological polar surface area (TPSA) is 84.5 Å². The summed E-state index contributed by atoms with van der Waals surface area (Å²) in [5.41, 5.74) is 5.68. The van der Waals surface area contributed by atoms with Gasteiger partial charge in [0.05, 0.1) is 18.0 Å². The average molecular weight is 319 g/mol. The molecule has 116 valence electrons. The predicted molar refractivity (Wildman–Crippen MR) is 86.8 cm³/mol. The van der Waals surface area contributed by atoms with Gasteiger partial charge in [-0.15, -0.1) is 10.2 Å². The normalized spacial score (nSPS) is 15.3. The van der Waals surface area contributed by atoms with Crippen LogP contribution < -0.4 is 21.0 Å². The molecule has 0 saturated carbocycles. The van der Waals surface area contributed by atoms with Gasteiger partial charge in [0.2, 0.25) is 5.82 Å². The molecule has 0 spiro atoms. The Morgan fingerprint density at radius 2 is 2.05 bits per heavy atom. The molecular formula is C13H17N7OS. The van der Waals surface area contributed by atoms with Gasteiger partial charge in [0.15, 0.2) is 0 Å². The standard InChI is InChI=1S/C13H17N7OS/c1-3-21-11-6-4-10(5-7-11)19-9(2)12(17-20(19)22)13-16-15-8-18(13)14/h4-8,17,22H,3,14H2,1-2H3. The van der Waals surface area contributed by atoms with Crippen LogP contribution in [0.1, 0.15) is 19.7 Å². The Morgan fingerprint density at radius 1 is 1.32 bits per heavy atom. The molecule has 2 heterocycles. The molecule has 9 heteroatoms. The molecule has 2 aromatic rings. The zero-order chi connectivity index (χ0) is 15.7. The van der Waals surface area contributed by atoms with Crippen LogP contribution in [-0.2, 0) is 0 Å². The van der Waals surface area contributed by atoms with E-state index in [-0.39, 0.29) is 0 Å². The van der Waals surface area contributed by atoms with E-state index in [1.807, 2.05) is 43.1 Å². The number of hydrogen-bond acceptors (Lipinski definition) is 8. The molecule has 0 amide bonds. The molecule has 0 bridgehead atoms. The Bertz CT molecular complexity index is 697. The molecule has 0 radical (unpaired) electrons. The molecule has 8 nitrogen and oxygen atoms in total. The summed E-state index contributed by atoms with van der Waals surface area (Å²) >= 11 is 4.43. The number of hydrazine groups is 2. The van der Waals surface area contributed by atoms with Crippen LogP contribution in [0.4, 0.5) is 5.69 Å². The highest BCUT2D eigenvalue weighted by molar-refractivity contribution is 7.77. The molecule has 3 rings (SSSR count). The minimum absolute atomic E-state index is 0.532. The van der Waals surface area contributed by atoms with Crippen molar-refractivity contribution in [2.75, 3.05) is 17.5 Å². The third-order valence-corrected chi connectivity index (χ3v) is 3.55. The number of nitrogens with two attached hydrogens (primary N) is 1. The maximum Gasteiger partial charge on any atom is 0.201 e. The van der Waals surface area contributed by atoms with Crippen molar-refractivity contribution in [3.63, 3.8) is 0 Å². The molecule has 1 aromatic heterocycles. The van der Waals surface area contributed by atoms with E-state index in [1.165, 1.54) is 11.0 Å². The van der Waals surface area contributed by atoms with Crippen LogP contribution in [0.15, 0.2) is 36.3 Å². The molecule has 1 aliphatic heterocycles. The molecule has 0 atom stereocenters. The summed E-state index contributed by atoms with van der Waals surface area (Å²) in [5.74, 6) is 7.16. The second kappa shape index (κ2) is 5.78. The monoisotopic (exact) mass is 319 g/mol. The second-order valence-electron chi connectivity index (χ2n) is 4.66. The number of ether oxygens (including phenoxy) is 1. The zero-order valence-corrected chi connectivity index (χ0v) is 13.2. The Kier molecular flexibility index (Phi) is 3.82.